The highest BCUT2D eigenvalue weighted by Gasteiger charge is 2.25. The summed E-state index contributed by atoms with van der Waals surface area (Å²) < 4.78 is 13.7. The molecule has 0 aliphatic carbocycles. The van der Waals surface area contributed by atoms with Crippen molar-refractivity contribution in [2.24, 2.45) is 11.7 Å². The molecule has 1 aliphatic rings. The molecule has 1 aromatic carbocycles. The number of nitrogens with two attached hydrogens (primary N) is 1. The zero-order chi connectivity index (χ0) is 14.9. The molecule has 4 heteroatoms. The molecule has 0 radical (unpaired) electrons. The number of halogens is 1. The number of anilines is 1. The van der Waals surface area contributed by atoms with Crippen LogP contribution in [0.25, 0.3) is 0 Å². The molecule has 2 rings (SSSR count). The highest BCUT2D eigenvalue weighted by Crippen LogP contribution is 2.32. The van der Waals surface area contributed by atoms with Gasteiger partial charge in [-0.15, -0.1) is 0 Å². The molecule has 1 saturated heterocycles. The SMILES string of the molecule is Cc1cc(N2CCC(C(C)O)CC2)c([C@@H](C)N)cc1F. The number of piperidine rings is 1. The standard InChI is InChI=1S/C16H25FN2O/c1-10-8-16(14(11(2)18)9-15(10)17)19-6-4-13(5-7-19)12(3)20/h8-9,11-13,20H,4-7,18H2,1-3H3/t11-,12?/m1/s1. The Morgan fingerprint density at radius 2 is 1.90 bits per heavy atom. The van der Waals surface area contributed by atoms with E-state index < -0.39 is 0 Å². The maximum Gasteiger partial charge on any atom is 0.126 e. The van der Waals surface area contributed by atoms with E-state index in [1.165, 1.54) is 0 Å². The Labute approximate surface area is 120 Å². The zero-order valence-electron chi connectivity index (χ0n) is 12.6. The Balaban J connectivity index is 2.23. The number of benzene rings is 1. The van der Waals surface area contributed by atoms with Gasteiger partial charge in [0, 0.05) is 24.8 Å². The summed E-state index contributed by atoms with van der Waals surface area (Å²) in [4.78, 5) is 2.27. The third-order valence-corrected chi connectivity index (χ3v) is 4.36. The lowest BCUT2D eigenvalue weighted by atomic mass is 9.91. The molecule has 1 fully saturated rings. The minimum absolute atomic E-state index is 0.186. The van der Waals surface area contributed by atoms with Crippen molar-refractivity contribution in [2.75, 3.05) is 18.0 Å². The Morgan fingerprint density at radius 3 is 2.40 bits per heavy atom. The lowest BCUT2D eigenvalue weighted by Crippen LogP contribution is -2.37. The van der Waals surface area contributed by atoms with Crippen LogP contribution in [-0.2, 0) is 0 Å². The maximum atomic E-state index is 13.7. The van der Waals surface area contributed by atoms with Crippen LogP contribution in [-0.4, -0.2) is 24.3 Å². The van der Waals surface area contributed by atoms with Crippen LogP contribution in [0.1, 0.15) is 43.9 Å². The van der Waals surface area contributed by atoms with Crippen LogP contribution in [0.4, 0.5) is 10.1 Å². The van der Waals surface area contributed by atoms with Crippen LogP contribution < -0.4 is 10.6 Å². The lowest BCUT2D eigenvalue weighted by Gasteiger charge is -2.36. The van der Waals surface area contributed by atoms with E-state index in [1.54, 1.807) is 13.0 Å². The summed E-state index contributed by atoms with van der Waals surface area (Å²) in [5, 5.41) is 9.67. The van der Waals surface area contributed by atoms with Gasteiger partial charge in [-0.1, -0.05) is 0 Å². The second-order valence-electron chi connectivity index (χ2n) is 6.01. The van der Waals surface area contributed by atoms with Gasteiger partial charge in [-0.05, 0) is 62.8 Å². The van der Waals surface area contributed by atoms with Gasteiger partial charge in [0.05, 0.1) is 6.10 Å². The topological polar surface area (TPSA) is 49.5 Å². The maximum absolute atomic E-state index is 13.7. The summed E-state index contributed by atoms with van der Waals surface area (Å²) in [7, 11) is 0. The molecule has 0 bridgehead atoms. The zero-order valence-corrected chi connectivity index (χ0v) is 12.6. The van der Waals surface area contributed by atoms with E-state index in [4.69, 9.17) is 5.73 Å². The van der Waals surface area contributed by atoms with Crippen molar-refractivity contribution in [3.05, 3.63) is 29.1 Å². The van der Waals surface area contributed by atoms with Crippen LogP contribution in [0, 0.1) is 18.7 Å². The highest BCUT2D eigenvalue weighted by molar-refractivity contribution is 5.57. The largest absolute Gasteiger partial charge is 0.393 e. The predicted octanol–water partition coefficient (Wildman–Crippen LogP) is 2.75. The molecular formula is C16H25FN2O. The molecule has 112 valence electrons. The van der Waals surface area contributed by atoms with Gasteiger partial charge < -0.3 is 15.7 Å². The van der Waals surface area contributed by atoms with Crippen molar-refractivity contribution in [3.63, 3.8) is 0 Å². The average Bonchev–Trinajstić information content (AvgIpc) is 2.41. The molecule has 1 unspecified atom stereocenters. The second-order valence-corrected chi connectivity index (χ2v) is 6.01. The van der Waals surface area contributed by atoms with Gasteiger partial charge >= 0.3 is 0 Å². The molecule has 0 saturated carbocycles. The van der Waals surface area contributed by atoms with E-state index in [0.29, 0.717) is 11.5 Å². The first kappa shape index (κ1) is 15.3. The van der Waals surface area contributed by atoms with Crippen LogP contribution in [0.2, 0.25) is 0 Å². The predicted molar refractivity (Wildman–Crippen MR) is 80.4 cm³/mol. The fraction of sp³-hybridized carbons (Fsp3) is 0.625. The van der Waals surface area contributed by atoms with Crippen LogP contribution in [0.5, 0.6) is 0 Å². The van der Waals surface area contributed by atoms with Gasteiger partial charge in [0.15, 0.2) is 0 Å². The molecule has 2 atom stereocenters. The number of hydrogen-bond donors (Lipinski definition) is 2. The Kier molecular flexibility index (Phi) is 4.66. The van der Waals surface area contributed by atoms with Gasteiger partial charge in [-0.2, -0.15) is 0 Å². The number of aliphatic hydroxyl groups excluding tert-OH is 1. The molecule has 1 aromatic rings. The second kappa shape index (κ2) is 6.10. The Morgan fingerprint density at radius 1 is 1.30 bits per heavy atom. The molecule has 1 heterocycles. The fourth-order valence-corrected chi connectivity index (χ4v) is 2.94. The van der Waals surface area contributed by atoms with Crippen LogP contribution in [0.15, 0.2) is 12.1 Å². The Bertz CT molecular complexity index is 466. The van der Waals surface area contributed by atoms with Gasteiger partial charge in [0.2, 0.25) is 0 Å². The van der Waals surface area contributed by atoms with Crippen molar-refractivity contribution in [1.29, 1.82) is 0 Å². The number of hydrogen-bond acceptors (Lipinski definition) is 3. The van der Waals surface area contributed by atoms with Crippen LogP contribution in [0.3, 0.4) is 0 Å². The van der Waals surface area contributed by atoms with E-state index in [2.05, 4.69) is 4.90 Å². The molecule has 0 amide bonds. The van der Waals surface area contributed by atoms with Crippen molar-refractivity contribution in [2.45, 2.75) is 45.8 Å². The van der Waals surface area contributed by atoms with E-state index in [9.17, 15) is 9.50 Å². The van der Waals surface area contributed by atoms with Crippen LogP contribution >= 0.6 is 0 Å². The first-order valence-electron chi connectivity index (χ1n) is 7.38. The summed E-state index contributed by atoms with van der Waals surface area (Å²) in [6.45, 7) is 7.30. The molecule has 3 nitrogen and oxygen atoms in total. The monoisotopic (exact) mass is 280 g/mol. The molecule has 0 aromatic heterocycles. The average molecular weight is 280 g/mol. The van der Waals surface area contributed by atoms with Gasteiger partial charge in [0.25, 0.3) is 0 Å². The first-order chi connectivity index (χ1) is 9.40. The van der Waals surface area contributed by atoms with Gasteiger partial charge in [-0.25, -0.2) is 4.39 Å². The van der Waals surface area contributed by atoms with E-state index >= 15 is 0 Å². The van der Waals surface area contributed by atoms with E-state index in [1.807, 2.05) is 19.9 Å². The van der Waals surface area contributed by atoms with Gasteiger partial charge in [0.1, 0.15) is 5.82 Å². The van der Waals surface area contributed by atoms with Crippen molar-refractivity contribution in [1.82, 2.24) is 0 Å². The number of rotatable bonds is 3. The smallest absolute Gasteiger partial charge is 0.126 e. The number of aliphatic hydroxyl groups is 1. The summed E-state index contributed by atoms with van der Waals surface area (Å²) in [6, 6.07) is 3.28. The van der Waals surface area contributed by atoms with E-state index in [-0.39, 0.29) is 18.0 Å². The molecule has 3 N–H and O–H groups in total. The molecule has 1 aliphatic heterocycles. The van der Waals surface area contributed by atoms with Crippen molar-refractivity contribution in [3.8, 4) is 0 Å². The summed E-state index contributed by atoms with van der Waals surface area (Å²) >= 11 is 0. The van der Waals surface area contributed by atoms with Crippen molar-refractivity contribution >= 4 is 5.69 Å². The minimum Gasteiger partial charge on any atom is -0.393 e. The molecule has 20 heavy (non-hydrogen) atoms. The molecule has 0 spiro atoms. The third-order valence-electron chi connectivity index (χ3n) is 4.36. The summed E-state index contributed by atoms with van der Waals surface area (Å²) in [5.41, 5.74) is 8.55. The van der Waals surface area contributed by atoms with E-state index in [0.717, 1.165) is 37.2 Å². The third kappa shape index (κ3) is 3.13. The normalized spacial score (nSPS) is 20.0. The number of nitrogens with zero attached hydrogens (tertiary/aromatic N) is 1. The quantitative estimate of drug-likeness (QED) is 0.895. The van der Waals surface area contributed by atoms with Crippen molar-refractivity contribution < 1.29 is 9.50 Å². The first-order valence-corrected chi connectivity index (χ1v) is 7.38. The number of aryl methyl sites for hydroxylation is 1. The Hall–Kier alpha value is -1.13. The van der Waals surface area contributed by atoms with Gasteiger partial charge in [-0.3, -0.25) is 0 Å². The summed E-state index contributed by atoms with van der Waals surface area (Å²) in [6.07, 6.45) is 1.68. The minimum atomic E-state index is -0.250. The molecular weight excluding hydrogens is 255 g/mol. The summed E-state index contributed by atoms with van der Waals surface area (Å²) in [5.74, 6) is 0.173. The lowest BCUT2D eigenvalue weighted by molar-refractivity contribution is 0.110. The highest BCUT2D eigenvalue weighted by atomic mass is 19.1. The fourth-order valence-electron chi connectivity index (χ4n) is 2.94.